The molecule has 0 aliphatic heterocycles. The van der Waals surface area contributed by atoms with Gasteiger partial charge < -0.3 is 10.2 Å². The van der Waals surface area contributed by atoms with Crippen molar-refractivity contribution in [2.24, 2.45) is 0 Å². The number of hydrogen-bond donors (Lipinski definition) is 2. The highest BCUT2D eigenvalue weighted by Gasteiger charge is 2.22. The monoisotopic (exact) mass is 270 g/mol. The van der Waals surface area contributed by atoms with Crippen LogP contribution in [0.15, 0.2) is 30.3 Å². The standard InChI is InChI=1S/C18H22O2/c1-11-8-13(19)6-7-15(11)17-12(2)9-14(20)10-16(17)18(3,4)5/h6-10,19-20H,1-5H3. The van der Waals surface area contributed by atoms with E-state index in [2.05, 4.69) is 20.8 Å². The fourth-order valence-corrected chi connectivity index (χ4v) is 2.65. The molecule has 0 bridgehead atoms. The summed E-state index contributed by atoms with van der Waals surface area (Å²) in [6.07, 6.45) is 0. The van der Waals surface area contributed by atoms with Gasteiger partial charge in [0.15, 0.2) is 0 Å². The summed E-state index contributed by atoms with van der Waals surface area (Å²) >= 11 is 0. The topological polar surface area (TPSA) is 40.5 Å². The van der Waals surface area contributed by atoms with Crippen LogP contribution in [0.1, 0.15) is 37.5 Å². The maximum absolute atomic E-state index is 9.90. The molecular formula is C18H22O2. The van der Waals surface area contributed by atoms with Crippen LogP contribution in [-0.2, 0) is 5.41 Å². The molecule has 2 aromatic carbocycles. The molecule has 0 atom stereocenters. The smallest absolute Gasteiger partial charge is 0.116 e. The number of aryl methyl sites for hydroxylation is 2. The van der Waals surface area contributed by atoms with Crippen LogP contribution in [0, 0.1) is 13.8 Å². The summed E-state index contributed by atoms with van der Waals surface area (Å²) in [4.78, 5) is 0. The Labute approximate surface area is 120 Å². The van der Waals surface area contributed by atoms with E-state index in [4.69, 9.17) is 0 Å². The molecule has 2 aromatic rings. The Morgan fingerprint density at radius 3 is 1.95 bits per heavy atom. The summed E-state index contributed by atoms with van der Waals surface area (Å²) in [7, 11) is 0. The molecule has 20 heavy (non-hydrogen) atoms. The zero-order valence-corrected chi connectivity index (χ0v) is 12.8. The molecule has 2 rings (SSSR count). The van der Waals surface area contributed by atoms with Crippen molar-refractivity contribution in [1.82, 2.24) is 0 Å². The van der Waals surface area contributed by atoms with Gasteiger partial charge in [-0.25, -0.2) is 0 Å². The molecule has 0 saturated carbocycles. The Hall–Kier alpha value is -1.96. The fourth-order valence-electron chi connectivity index (χ4n) is 2.65. The fraction of sp³-hybridized carbons (Fsp3) is 0.333. The third-order valence-electron chi connectivity index (χ3n) is 3.61. The summed E-state index contributed by atoms with van der Waals surface area (Å²) in [6.45, 7) is 10.4. The Balaban J connectivity index is 2.79. The highest BCUT2D eigenvalue weighted by molar-refractivity contribution is 5.76. The lowest BCUT2D eigenvalue weighted by Crippen LogP contribution is -2.13. The Bertz CT molecular complexity index is 649. The number of phenolic OH excluding ortho intramolecular Hbond substituents is 2. The minimum Gasteiger partial charge on any atom is -0.508 e. The Kier molecular flexibility index (Phi) is 3.51. The first kappa shape index (κ1) is 14.4. The Morgan fingerprint density at radius 1 is 0.800 bits per heavy atom. The van der Waals surface area contributed by atoms with Gasteiger partial charge in [-0.15, -0.1) is 0 Å². The molecule has 2 N–H and O–H groups in total. The predicted octanol–water partition coefficient (Wildman–Crippen LogP) is 4.68. The summed E-state index contributed by atoms with van der Waals surface area (Å²) in [5.41, 5.74) is 5.37. The zero-order chi connectivity index (χ0) is 15.1. The summed E-state index contributed by atoms with van der Waals surface area (Å²) in [5.74, 6) is 0.576. The molecule has 2 nitrogen and oxygen atoms in total. The molecule has 0 saturated heterocycles. The lowest BCUT2D eigenvalue weighted by Gasteiger charge is -2.26. The molecule has 0 heterocycles. The van der Waals surface area contributed by atoms with E-state index in [9.17, 15) is 10.2 Å². The Morgan fingerprint density at radius 2 is 1.40 bits per heavy atom. The van der Waals surface area contributed by atoms with Crippen LogP contribution in [0.25, 0.3) is 11.1 Å². The molecule has 2 heteroatoms. The van der Waals surface area contributed by atoms with Crippen LogP contribution in [0.4, 0.5) is 0 Å². The highest BCUT2D eigenvalue weighted by Crippen LogP contribution is 2.39. The molecule has 0 amide bonds. The molecule has 0 spiro atoms. The second-order valence-electron chi connectivity index (χ2n) is 6.43. The SMILES string of the molecule is Cc1cc(O)ccc1-c1c(C)cc(O)cc1C(C)(C)C. The van der Waals surface area contributed by atoms with Crippen molar-refractivity contribution in [3.63, 3.8) is 0 Å². The second-order valence-corrected chi connectivity index (χ2v) is 6.43. The molecule has 106 valence electrons. The lowest BCUT2D eigenvalue weighted by atomic mass is 9.79. The van der Waals surface area contributed by atoms with E-state index in [0.717, 1.165) is 27.8 Å². The minimum atomic E-state index is -0.0663. The van der Waals surface area contributed by atoms with Gasteiger partial charge in [-0.3, -0.25) is 0 Å². The van der Waals surface area contributed by atoms with Gasteiger partial charge in [0, 0.05) is 0 Å². The first-order valence-corrected chi connectivity index (χ1v) is 6.84. The van der Waals surface area contributed by atoms with E-state index in [1.807, 2.05) is 26.0 Å². The van der Waals surface area contributed by atoms with Gasteiger partial charge in [-0.05, 0) is 71.3 Å². The third-order valence-corrected chi connectivity index (χ3v) is 3.61. The first-order chi connectivity index (χ1) is 9.20. The number of hydrogen-bond acceptors (Lipinski definition) is 2. The average Bonchev–Trinajstić information content (AvgIpc) is 2.28. The van der Waals surface area contributed by atoms with Crippen molar-refractivity contribution < 1.29 is 10.2 Å². The van der Waals surface area contributed by atoms with E-state index < -0.39 is 0 Å². The summed E-state index contributed by atoms with van der Waals surface area (Å²) < 4.78 is 0. The number of phenols is 2. The summed E-state index contributed by atoms with van der Waals surface area (Å²) in [5, 5.41) is 19.5. The normalized spacial score (nSPS) is 11.7. The van der Waals surface area contributed by atoms with Crippen molar-refractivity contribution in [1.29, 1.82) is 0 Å². The largest absolute Gasteiger partial charge is 0.508 e. The van der Waals surface area contributed by atoms with E-state index in [1.165, 1.54) is 0 Å². The molecule has 0 aliphatic carbocycles. The van der Waals surface area contributed by atoms with Crippen LogP contribution in [0.2, 0.25) is 0 Å². The number of benzene rings is 2. The van der Waals surface area contributed by atoms with Crippen molar-refractivity contribution in [3.05, 3.63) is 47.0 Å². The molecule has 0 aromatic heterocycles. The van der Waals surface area contributed by atoms with Gasteiger partial charge in [-0.1, -0.05) is 26.8 Å². The van der Waals surface area contributed by atoms with Gasteiger partial charge >= 0.3 is 0 Å². The van der Waals surface area contributed by atoms with Crippen molar-refractivity contribution in [2.75, 3.05) is 0 Å². The zero-order valence-electron chi connectivity index (χ0n) is 12.8. The molecule has 0 aliphatic rings. The van der Waals surface area contributed by atoms with Gasteiger partial charge in [-0.2, -0.15) is 0 Å². The summed E-state index contributed by atoms with van der Waals surface area (Å²) in [6, 6.07) is 9.06. The number of rotatable bonds is 1. The first-order valence-electron chi connectivity index (χ1n) is 6.84. The molecule has 0 fully saturated rings. The van der Waals surface area contributed by atoms with Gasteiger partial charge in [0.1, 0.15) is 11.5 Å². The van der Waals surface area contributed by atoms with Gasteiger partial charge in [0.05, 0.1) is 0 Å². The maximum atomic E-state index is 9.90. The van der Waals surface area contributed by atoms with Crippen molar-refractivity contribution >= 4 is 0 Å². The van der Waals surface area contributed by atoms with Crippen molar-refractivity contribution in [3.8, 4) is 22.6 Å². The second kappa shape index (κ2) is 4.86. The quantitative estimate of drug-likeness (QED) is 0.790. The van der Waals surface area contributed by atoms with E-state index in [1.54, 1.807) is 18.2 Å². The van der Waals surface area contributed by atoms with E-state index >= 15 is 0 Å². The van der Waals surface area contributed by atoms with Gasteiger partial charge in [0.25, 0.3) is 0 Å². The molecular weight excluding hydrogens is 248 g/mol. The number of aromatic hydroxyl groups is 2. The van der Waals surface area contributed by atoms with Crippen LogP contribution in [-0.4, -0.2) is 10.2 Å². The highest BCUT2D eigenvalue weighted by atomic mass is 16.3. The van der Waals surface area contributed by atoms with Gasteiger partial charge in [0.2, 0.25) is 0 Å². The predicted molar refractivity (Wildman–Crippen MR) is 83.4 cm³/mol. The molecule has 0 radical (unpaired) electrons. The third kappa shape index (κ3) is 2.64. The minimum absolute atomic E-state index is 0.0663. The average molecular weight is 270 g/mol. The van der Waals surface area contributed by atoms with Crippen LogP contribution >= 0.6 is 0 Å². The van der Waals surface area contributed by atoms with Crippen LogP contribution in [0.3, 0.4) is 0 Å². The lowest BCUT2D eigenvalue weighted by molar-refractivity contribution is 0.470. The van der Waals surface area contributed by atoms with Crippen LogP contribution < -0.4 is 0 Å². The van der Waals surface area contributed by atoms with E-state index in [0.29, 0.717) is 5.75 Å². The van der Waals surface area contributed by atoms with Crippen LogP contribution in [0.5, 0.6) is 11.5 Å². The maximum Gasteiger partial charge on any atom is 0.116 e. The molecule has 0 unspecified atom stereocenters. The van der Waals surface area contributed by atoms with E-state index in [-0.39, 0.29) is 11.2 Å². The van der Waals surface area contributed by atoms with Crippen molar-refractivity contribution in [2.45, 2.75) is 40.0 Å².